The number of hydrogen-bond donors (Lipinski definition) is 2. The van der Waals surface area contributed by atoms with Crippen LogP contribution in [0, 0.1) is 12.8 Å². The second kappa shape index (κ2) is 7.29. The molecule has 0 radical (unpaired) electrons. The van der Waals surface area contributed by atoms with Crippen LogP contribution >= 0.6 is 0 Å². The molecule has 0 fully saturated rings. The number of amides is 2. The fourth-order valence-corrected chi connectivity index (χ4v) is 2.11. The van der Waals surface area contributed by atoms with Gasteiger partial charge in [-0.15, -0.1) is 0 Å². The lowest BCUT2D eigenvalue weighted by molar-refractivity contribution is -0.141. The zero-order valence-corrected chi connectivity index (χ0v) is 14.0. The van der Waals surface area contributed by atoms with Crippen molar-refractivity contribution in [2.45, 2.75) is 33.1 Å². The highest BCUT2D eigenvalue weighted by molar-refractivity contribution is 5.75. The molecule has 2 amide bonds. The number of carboxylic acid groups (broad SMARTS) is 1. The Kier molecular flexibility index (Phi) is 5.97. The molecule has 1 aromatic rings. The lowest BCUT2D eigenvalue weighted by Crippen LogP contribution is -2.45. The van der Waals surface area contributed by atoms with Gasteiger partial charge in [-0.1, -0.05) is 50.6 Å². The number of aryl methyl sites for hydroxylation is 1. The summed E-state index contributed by atoms with van der Waals surface area (Å²) in [5, 5.41) is 11.8. The van der Waals surface area contributed by atoms with Crippen molar-refractivity contribution in [3.63, 3.8) is 0 Å². The molecular weight excluding hydrogens is 280 g/mol. The van der Waals surface area contributed by atoms with Gasteiger partial charge in [-0.05, 0) is 12.5 Å². The zero-order chi connectivity index (χ0) is 16.9. The molecule has 0 aliphatic carbocycles. The number of benzene rings is 1. The van der Waals surface area contributed by atoms with E-state index in [1.54, 1.807) is 14.0 Å². The van der Waals surface area contributed by atoms with E-state index in [0.29, 0.717) is 6.54 Å². The Morgan fingerprint density at radius 1 is 1.27 bits per heavy atom. The molecular formula is C17H26N2O3. The number of carbonyl (C=O) groups is 2. The summed E-state index contributed by atoms with van der Waals surface area (Å²) in [7, 11) is 1.60. The van der Waals surface area contributed by atoms with Crippen molar-refractivity contribution in [1.82, 2.24) is 10.2 Å². The number of hydrogen-bond acceptors (Lipinski definition) is 2. The summed E-state index contributed by atoms with van der Waals surface area (Å²) < 4.78 is 0. The topological polar surface area (TPSA) is 69.6 Å². The molecule has 0 bridgehead atoms. The van der Waals surface area contributed by atoms with Gasteiger partial charge in [0.2, 0.25) is 0 Å². The van der Waals surface area contributed by atoms with Gasteiger partial charge in [0.25, 0.3) is 0 Å². The fraction of sp³-hybridized carbons (Fsp3) is 0.529. The van der Waals surface area contributed by atoms with Gasteiger partial charge in [-0.3, -0.25) is 4.79 Å². The Balaban J connectivity index is 2.58. The first-order valence-electron chi connectivity index (χ1n) is 7.42. The Bertz CT molecular complexity index is 523. The molecule has 5 nitrogen and oxygen atoms in total. The summed E-state index contributed by atoms with van der Waals surface area (Å²) in [5.41, 5.74) is 2.16. The SMILES string of the molecule is Cc1ccc(C(C)(C)CNC(=O)N(C)CC(C)C(=O)O)cc1. The minimum Gasteiger partial charge on any atom is -0.481 e. The van der Waals surface area contributed by atoms with Gasteiger partial charge in [-0.2, -0.15) is 0 Å². The quantitative estimate of drug-likeness (QED) is 0.849. The summed E-state index contributed by atoms with van der Waals surface area (Å²) in [5.74, 6) is -1.49. The van der Waals surface area contributed by atoms with Crippen molar-refractivity contribution in [3.8, 4) is 0 Å². The monoisotopic (exact) mass is 306 g/mol. The molecule has 1 rings (SSSR count). The van der Waals surface area contributed by atoms with Crippen molar-refractivity contribution < 1.29 is 14.7 Å². The molecule has 1 atom stereocenters. The smallest absolute Gasteiger partial charge is 0.317 e. The van der Waals surface area contributed by atoms with E-state index in [1.165, 1.54) is 10.5 Å². The zero-order valence-electron chi connectivity index (χ0n) is 14.0. The van der Waals surface area contributed by atoms with Gasteiger partial charge in [0, 0.05) is 25.6 Å². The first-order valence-corrected chi connectivity index (χ1v) is 7.42. The highest BCUT2D eigenvalue weighted by atomic mass is 16.4. The van der Waals surface area contributed by atoms with Crippen LogP contribution in [-0.2, 0) is 10.2 Å². The van der Waals surface area contributed by atoms with Gasteiger partial charge in [0.1, 0.15) is 0 Å². The molecule has 0 spiro atoms. The lowest BCUT2D eigenvalue weighted by atomic mass is 9.84. The second-order valence-corrected chi connectivity index (χ2v) is 6.53. The van der Waals surface area contributed by atoms with E-state index in [2.05, 4.69) is 43.4 Å². The van der Waals surface area contributed by atoms with E-state index >= 15 is 0 Å². The van der Waals surface area contributed by atoms with Crippen LogP contribution in [0.1, 0.15) is 31.9 Å². The van der Waals surface area contributed by atoms with Gasteiger partial charge in [0.15, 0.2) is 0 Å². The van der Waals surface area contributed by atoms with Crippen LogP contribution in [0.4, 0.5) is 4.79 Å². The molecule has 0 saturated heterocycles. The number of carbonyl (C=O) groups excluding carboxylic acids is 1. The van der Waals surface area contributed by atoms with Crippen LogP contribution in [-0.4, -0.2) is 42.1 Å². The normalized spacial score (nSPS) is 12.6. The maximum Gasteiger partial charge on any atom is 0.317 e. The number of rotatable bonds is 6. The molecule has 2 N–H and O–H groups in total. The molecule has 0 aliphatic heterocycles. The third kappa shape index (κ3) is 5.06. The summed E-state index contributed by atoms with van der Waals surface area (Å²) in [6.45, 7) is 8.43. The molecule has 0 saturated carbocycles. The minimum atomic E-state index is -0.903. The summed E-state index contributed by atoms with van der Waals surface area (Å²) in [6, 6.07) is 7.99. The standard InChI is InChI=1S/C17H26N2O3/c1-12-6-8-14(9-7-12)17(3,4)11-18-16(22)19(5)10-13(2)15(20)21/h6-9,13H,10-11H2,1-5H3,(H,18,22)(H,20,21). The molecule has 22 heavy (non-hydrogen) atoms. The average molecular weight is 306 g/mol. The summed E-state index contributed by atoms with van der Waals surface area (Å²) in [4.78, 5) is 24.3. The molecule has 0 aliphatic rings. The Morgan fingerprint density at radius 2 is 1.82 bits per heavy atom. The van der Waals surface area contributed by atoms with Crippen LogP contribution in [0.2, 0.25) is 0 Å². The van der Waals surface area contributed by atoms with Gasteiger partial charge < -0.3 is 15.3 Å². The molecule has 5 heteroatoms. The highest BCUT2D eigenvalue weighted by Gasteiger charge is 2.23. The first kappa shape index (κ1) is 18.0. The number of carboxylic acids is 1. The highest BCUT2D eigenvalue weighted by Crippen LogP contribution is 2.22. The van der Waals surface area contributed by atoms with Gasteiger partial charge >= 0.3 is 12.0 Å². The molecule has 1 aromatic carbocycles. The molecule has 0 heterocycles. The molecule has 122 valence electrons. The van der Waals surface area contributed by atoms with E-state index in [-0.39, 0.29) is 18.0 Å². The number of aliphatic carboxylic acids is 1. The number of nitrogens with one attached hydrogen (secondary N) is 1. The summed E-state index contributed by atoms with van der Waals surface area (Å²) >= 11 is 0. The third-order valence-electron chi connectivity index (χ3n) is 3.83. The van der Waals surface area contributed by atoms with E-state index in [9.17, 15) is 9.59 Å². The van der Waals surface area contributed by atoms with Crippen molar-refractivity contribution in [1.29, 1.82) is 0 Å². The van der Waals surface area contributed by atoms with Crippen LogP contribution in [0.3, 0.4) is 0 Å². The second-order valence-electron chi connectivity index (χ2n) is 6.53. The number of nitrogens with zero attached hydrogens (tertiary/aromatic N) is 1. The van der Waals surface area contributed by atoms with Crippen molar-refractivity contribution >= 4 is 12.0 Å². The van der Waals surface area contributed by atoms with Crippen molar-refractivity contribution in [2.24, 2.45) is 5.92 Å². The minimum absolute atomic E-state index is 0.187. The Morgan fingerprint density at radius 3 is 2.32 bits per heavy atom. The van der Waals surface area contributed by atoms with E-state index in [1.807, 2.05) is 6.92 Å². The van der Waals surface area contributed by atoms with Gasteiger partial charge in [0.05, 0.1) is 5.92 Å². The van der Waals surface area contributed by atoms with Crippen molar-refractivity contribution in [2.75, 3.05) is 20.1 Å². The van der Waals surface area contributed by atoms with E-state index in [4.69, 9.17) is 5.11 Å². The molecule has 1 unspecified atom stereocenters. The molecule has 0 aromatic heterocycles. The third-order valence-corrected chi connectivity index (χ3v) is 3.83. The summed E-state index contributed by atoms with van der Waals surface area (Å²) in [6.07, 6.45) is 0. The van der Waals surface area contributed by atoms with Crippen LogP contribution in [0.5, 0.6) is 0 Å². The average Bonchev–Trinajstić information content (AvgIpc) is 2.45. The predicted octanol–water partition coefficient (Wildman–Crippen LogP) is 2.63. The lowest BCUT2D eigenvalue weighted by Gasteiger charge is -2.28. The first-order chi connectivity index (χ1) is 10.1. The fourth-order valence-electron chi connectivity index (χ4n) is 2.11. The van der Waals surface area contributed by atoms with E-state index < -0.39 is 11.9 Å². The Hall–Kier alpha value is -2.04. The van der Waals surface area contributed by atoms with Crippen LogP contribution < -0.4 is 5.32 Å². The van der Waals surface area contributed by atoms with E-state index in [0.717, 1.165) is 5.56 Å². The van der Waals surface area contributed by atoms with Gasteiger partial charge in [-0.25, -0.2) is 4.79 Å². The van der Waals surface area contributed by atoms with Crippen LogP contribution in [0.15, 0.2) is 24.3 Å². The Labute approximate surface area is 132 Å². The maximum atomic E-state index is 12.1. The predicted molar refractivity (Wildman–Crippen MR) is 87.0 cm³/mol. The largest absolute Gasteiger partial charge is 0.481 e. The van der Waals surface area contributed by atoms with Crippen molar-refractivity contribution in [3.05, 3.63) is 35.4 Å². The maximum absolute atomic E-state index is 12.1. The van der Waals surface area contributed by atoms with Crippen LogP contribution in [0.25, 0.3) is 0 Å². The number of urea groups is 1.